The summed E-state index contributed by atoms with van der Waals surface area (Å²) < 4.78 is 16.4. The minimum atomic E-state index is -0.0453. The van der Waals surface area contributed by atoms with Crippen LogP contribution >= 0.6 is 0 Å². The fraction of sp³-hybridized carbons (Fsp3) is 0.925. The standard InChI is InChI=1S/C40H78N2O6/c1-5-9-12-19-25-35-47-39(44)29-21-15-13-17-23-32-42(34-26-31-41-38(43)36-46-8-4)33-24-18-14-16-22-30-40(45)48-37(27-11-7-3)28-20-10-6-2/h37H,5-36H2,1-4H3,(H,41,43). The van der Waals surface area contributed by atoms with E-state index in [4.69, 9.17) is 14.2 Å². The van der Waals surface area contributed by atoms with Gasteiger partial charge in [0.1, 0.15) is 12.7 Å². The lowest BCUT2D eigenvalue weighted by molar-refractivity contribution is -0.150. The zero-order valence-corrected chi connectivity index (χ0v) is 32.1. The maximum atomic E-state index is 12.5. The monoisotopic (exact) mass is 683 g/mol. The SMILES string of the molecule is CCCCCCCOC(=O)CCCCCCCN(CCCCCCCC(=O)OC(CCCC)CCCCC)CCCNC(=O)COCC. The lowest BCUT2D eigenvalue weighted by Gasteiger charge is -2.22. The molecule has 8 nitrogen and oxygen atoms in total. The van der Waals surface area contributed by atoms with Gasteiger partial charge < -0.3 is 24.4 Å². The third-order valence-corrected chi connectivity index (χ3v) is 8.94. The van der Waals surface area contributed by atoms with Gasteiger partial charge in [-0.3, -0.25) is 14.4 Å². The smallest absolute Gasteiger partial charge is 0.306 e. The Morgan fingerprint density at radius 1 is 0.562 bits per heavy atom. The van der Waals surface area contributed by atoms with Crippen molar-refractivity contribution in [1.29, 1.82) is 0 Å². The van der Waals surface area contributed by atoms with Gasteiger partial charge in [0.2, 0.25) is 5.91 Å². The summed E-state index contributed by atoms with van der Waals surface area (Å²) >= 11 is 0. The van der Waals surface area contributed by atoms with E-state index in [-0.39, 0.29) is 30.6 Å². The first-order chi connectivity index (χ1) is 23.5. The van der Waals surface area contributed by atoms with Gasteiger partial charge in [-0.25, -0.2) is 0 Å². The van der Waals surface area contributed by atoms with Crippen molar-refractivity contribution >= 4 is 17.8 Å². The van der Waals surface area contributed by atoms with Crippen molar-refractivity contribution in [1.82, 2.24) is 10.2 Å². The largest absolute Gasteiger partial charge is 0.466 e. The number of amides is 1. The van der Waals surface area contributed by atoms with Crippen LogP contribution in [-0.4, -0.2) is 74.8 Å². The molecule has 1 atom stereocenters. The molecule has 1 amide bonds. The van der Waals surface area contributed by atoms with Gasteiger partial charge in [-0.15, -0.1) is 0 Å². The third-order valence-electron chi connectivity index (χ3n) is 8.94. The van der Waals surface area contributed by atoms with E-state index in [1.165, 1.54) is 44.9 Å². The van der Waals surface area contributed by atoms with Crippen molar-refractivity contribution in [2.75, 3.05) is 46.0 Å². The molecule has 0 aliphatic rings. The van der Waals surface area contributed by atoms with E-state index in [1.807, 2.05) is 6.92 Å². The van der Waals surface area contributed by atoms with Crippen LogP contribution in [0.5, 0.6) is 0 Å². The lowest BCUT2D eigenvalue weighted by Crippen LogP contribution is -2.33. The van der Waals surface area contributed by atoms with E-state index in [0.29, 0.717) is 32.6 Å². The number of carbonyl (C=O) groups excluding carboxylic acids is 3. The molecule has 48 heavy (non-hydrogen) atoms. The predicted octanol–water partition coefficient (Wildman–Crippen LogP) is 9.71. The Kier molecular flexibility index (Phi) is 35.3. The van der Waals surface area contributed by atoms with E-state index in [2.05, 4.69) is 31.0 Å². The number of ether oxygens (including phenoxy) is 3. The number of carbonyl (C=O) groups is 3. The van der Waals surface area contributed by atoms with Gasteiger partial charge in [-0.1, -0.05) is 111 Å². The number of nitrogens with zero attached hydrogens (tertiary/aromatic N) is 1. The van der Waals surface area contributed by atoms with Crippen molar-refractivity contribution in [3.63, 3.8) is 0 Å². The van der Waals surface area contributed by atoms with Crippen LogP contribution < -0.4 is 5.32 Å². The molecule has 1 N–H and O–H groups in total. The normalized spacial score (nSPS) is 11.9. The first-order valence-electron chi connectivity index (χ1n) is 20.4. The molecule has 0 aromatic carbocycles. The van der Waals surface area contributed by atoms with Gasteiger partial charge in [-0.2, -0.15) is 0 Å². The summed E-state index contributed by atoms with van der Waals surface area (Å²) in [7, 11) is 0. The molecule has 0 aliphatic heterocycles. The first kappa shape index (κ1) is 46.3. The molecule has 0 spiro atoms. The topological polar surface area (TPSA) is 94.2 Å². The fourth-order valence-electron chi connectivity index (χ4n) is 5.91. The molecule has 0 aromatic heterocycles. The highest BCUT2D eigenvalue weighted by Gasteiger charge is 2.14. The molecule has 0 aliphatic carbocycles. The molecule has 284 valence electrons. The second kappa shape index (κ2) is 36.6. The zero-order valence-electron chi connectivity index (χ0n) is 32.1. The molecule has 1 unspecified atom stereocenters. The van der Waals surface area contributed by atoms with Gasteiger partial charge >= 0.3 is 11.9 Å². The second-order valence-electron chi connectivity index (χ2n) is 13.6. The van der Waals surface area contributed by atoms with Gasteiger partial charge in [-0.05, 0) is 84.3 Å². The Morgan fingerprint density at radius 3 is 1.73 bits per heavy atom. The highest BCUT2D eigenvalue weighted by molar-refractivity contribution is 5.77. The molecule has 0 fully saturated rings. The first-order valence-corrected chi connectivity index (χ1v) is 20.4. The number of hydrogen-bond donors (Lipinski definition) is 1. The number of nitrogens with one attached hydrogen (secondary N) is 1. The summed E-state index contributed by atoms with van der Waals surface area (Å²) in [6, 6.07) is 0. The van der Waals surface area contributed by atoms with Crippen LogP contribution in [0.25, 0.3) is 0 Å². The zero-order chi connectivity index (χ0) is 35.3. The van der Waals surface area contributed by atoms with Gasteiger partial charge in [0, 0.05) is 26.0 Å². The Labute approximate surface area is 296 Å². The molecule has 0 radical (unpaired) electrons. The molecule has 8 heteroatoms. The molecule has 0 aromatic rings. The van der Waals surface area contributed by atoms with Gasteiger partial charge in [0.25, 0.3) is 0 Å². The predicted molar refractivity (Wildman–Crippen MR) is 199 cm³/mol. The van der Waals surface area contributed by atoms with Crippen LogP contribution in [0.3, 0.4) is 0 Å². The van der Waals surface area contributed by atoms with Crippen molar-refractivity contribution in [2.45, 2.75) is 194 Å². The average Bonchev–Trinajstić information content (AvgIpc) is 3.08. The molecule has 0 saturated carbocycles. The van der Waals surface area contributed by atoms with Gasteiger partial charge in [0.15, 0.2) is 0 Å². The van der Waals surface area contributed by atoms with E-state index in [0.717, 1.165) is 122 Å². The van der Waals surface area contributed by atoms with Gasteiger partial charge in [0.05, 0.1) is 6.61 Å². The van der Waals surface area contributed by atoms with Crippen molar-refractivity contribution in [3.05, 3.63) is 0 Å². The molecule has 0 heterocycles. The number of unbranched alkanes of at least 4 members (excludes halogenated alkanes) is 15. The third kappa shape index (κ3) is 32.9. The highest BCUT2D eigenvalue weighted by Crippen LogP contribution is 2.16. The second-order valence-corrected chi connectivity index (χ2v) is 13.6. The Hall–Kier alpha value is -1.67. The minimum Gasteiger partial charge on any atom is -0.466 e. The highest BCUT2D eigenvalue weighted by atomic mass is 16.5. The minimum absolute atomic E-state index is 0.0137. The molecular formula is C40H78N2O6. The van der Waals surface area contributed by atoms with Crippen LogP contribution in [0.2, 0.25) is 0 Å². The summed E-state index contributed by atoms with van der Waals surface area (Å²) in [6.07, 6.45) is 26.7. The summed E-state index contributed by atoms with van der Waals surface area (Å²) in [5, 5.41) is 2.96. The number of rotatable bonds is 37. The Morgan fingerprint density at radius 2 is 1.08 bits per heavy atom. The van der Waals surface area contributed by atoms with E-state index >= 15 is 0 Å². The van der Waals surface area contributed by atoms with Crippen LogP contribution in [0.4, 0.5) is 0 Å². The molecular weight excluding hydrogens is 604 g/mol. The number of esters is 2. The average molecular weight is 683 g/mol. The molecule has 0 bridgehead atoms. The number of hydrogen-bond acceptors (Lipinski definition) is 7. The summed E-state index contributed by atoms with van der Waals surface area (Å²) in [5.41, 5.74) is 0. The molecule has 0 rings (SSSR count). The fourth-order valence-corrected chi connectivity index (χ4v) is 5.91. The van der Waals surface area contributed by atoms with Crippen LogP contribution in [-0.2, 0) is 28.6 Å². The Balaban J connectivity index is 4.25. The Bertz CT molecular complexity index is 735. The van der Waals surface area contributed by atoms with E-state index in [9.17, 15) is 14.4 Å². The van der Waals surface area contributed by atoms with Crippen molar-refractivity contribution < 1.29 is 28.6 Å². The summed E-state index contributed by atoms with van der Waals surface area (Å²) in [6.45, 7) is 13.5. The van der Waals surface area contributed by atoms with Crippen molar-refractivity contribution in [2.24, 2.45) is 0 Å². The van der Waals surface area contributed by atoms with Crippen LogP contribution in [0, 0.1) is 0 Å². The maximum absolute atomic E-state index is 12.5. The van der Waals surface area contributed by atoms with Crippen LogP contribution in [0.15, 0.2) is 0 Å². The van der Waals surface area contributed by atoms with Crippen molar-refractivity contribution in [3.8, 4) is 0 Å². The quantitative estimate of drug-likeness (QED) is 0.0515. The summed E-state index contributed by atoms with van der Waals surface area (Å²) in [5.74, 6) is -0.102. The molecule has 0 saturated heterocycles. The van der Waals surface area contributed by atoms with E-state index in [1.54, 1.807) is 0 Å². The maximum Gasteiger partial charge on any atom is 0.306 e. The summed E-state index contributed by atoms with van der Waals surface area (Å²) in [4.78, 5) is 38.8. The van der Waals surface area contributed by atoms with Crippen LogP contribution in [0.1, 0.15) is 188 Å². The lowest BCUT2D eigenvalue weighted by atomic mass is 10.1. The van der Waals surface area contributed by atoms with E-state index < -0.39 is 0 Å².